The van der Waals surface area contributed by atoms with Crippen LogP contribution in [-0.2, 0) is 0 Å². The van der Waals surface area contributed by atoms with E-state index in [0.29, 0.717) is 27.3 Å². The summed E-state index contributed by atoms with van der Waals surface area (Å²) in [7, 11) is 0. The molecule has 0 spiro atoms. The maximum Gasteiger partial charge on any atom is 0.355 e. The van der Waals surface area contributed by atoms with Gasteiger partial charge in [0.05, 0.1) is 16.0 Å². The van der Waals surface area contributed by atoms with Crippen LogP contribution >= 0.6 is 34.5 Å². The van der Waals surface area contributed by atoms with Crippen LogP contribution in [0.15, 0.2) is 72.1 Å². The smallest absolute Gasteiger partial charge is 0.355 e. The van der Waals surface area contributed by atoms with Crippen molar-refractivity contribution in [2.24, 2.45) is 5.73 Å². The number of nitriles is 1. The molecule has 1 aliphatic rings. The molecular formula is C25H13Cl2FN2O3S. The summed E-state index contributed by atoms with van der Waals surface area (Å²) in [6.45, 7) is 0. The molecule has 1 aliphatic heterocycles. The van der Waals surface area contributed by atoms with Crippen LogP contribution in [0.1, 0.15) is 26.7 Å². The van der Waals surface area contributed by atoms with Gasteiger partial charge in [-0.1, -0.05) is 47.5 Å². The van der Waals surface area contributed by atoms with Crippen LogP contribution in [0.2, 0.25) is 10.0 Å². The number of halogens is 3. The fraction of sp³-hybridized carbons (Fsp3) is 0.0400. The average Bonchev–Trinajstić information content (AvgIpc) is 3.15. The Balaban J connectivity index is 1.50. The lowest BCUT2D eigenvalue weighted by Gasteiger charge is -2.26. The number of benzene rings is 3. The second-order valence-electron chi connectivity index (χ2n) is 7.43. The molecule has 1 aromatic heterocycles. The zero-order valence-electron chi connectivity index (χ0n) is 17.1. The molecule has 5 nitrogen and oxygen atoms in total. The highest BCUT2D eigenvalue weighted by Crippen LogP contribution is 2.44. The van der Waals surface area contributed by atoms with E-state index in [9.17, 15) is 14.4 Å². The number of rotatable bonds is 3. The first-order valence-electron chi connectivity index (χ1n) is 9.93. The van der Waals surface area contributed by atoms with Crippen molar-refractivity contribution in [3.63, 3.8) is 0 Å². The van der Waals surface area contributed by atoms with Gasteiger partial charge < -0.3 is 15.2 Å². The number of hydrogen-bond acceptors (Lipinski definition) is 6. The first-order chi connectivity index (χ1) is 16.4. The van der Waals surface area contributed by atoms with E-state index in [0.717, 1.165) is 4.70 Å². The molecule has 4 aromatic rings. The van der Waals surface area contributed by atoms with Crippen LogP contribution in [0.4, 0.5) is 4.39 Å². The van der Waals surface area contributed by atoms with E-state index < -0.39 is 17.7 Å². The molecule has 5 rings (SSSR count). The molecule has 0 saturated carbocycles. The molecular weight excluding hydrogens is 498 g/mol. The Morgan fingerprint density at radius 3 is 2.68 bits per heavy atom. The Morgan fingerprint density at radius 1 is 1.15 bits per heavy atom. The lowest BCUT2D eigenvalue weighted by atomic mass is 9.83. The standard InChI is InChI=1S/C25H13Cl2FN2O3S/c26-17-5-2-6-19-21(17)22(27)23(34-19)25(31)32-14-7-8-15-18(10-14)33-24(30)16(11-29)20(15)12-3-1-4-13(28)9-12/h1-10,20H,30H2. The normalized spacial score (nSPS) is 14.9. The molecule has 2 N–H and O–H groups in total. The van der Waals surface area contributed by atoms with Gasteiger partial charge in [-0.3, -0.25) is 0 Å². The molecule has 168 valence electrons. The average molecular weight is 511 g/mol. The van der Waals surface area contributed by atoms with E-state index in [-0.39, 0.29) is 27.1 Å². The summed E-state index contributed by atoms with van der Waals surface area (Å²) in [5.41, 5.74) is 7.29. The summed E-state index contributed by atoms with van der Waals surface area (Å²) in [6, 6.07) is 18.0. The highest BCUT2D eigenvalue weighted by molar-refractivity contribution is 7.21. The Labute approximate surface area is 207 Å². The van der Waals surface area contributed by atoms with Gasteiger partial charge in [0.2, 0.25) is 5.88 Å². The molecule has 9 heteroatoms. The Hall–Kier alpha value is -3.57. The highest BCUT2D eigenvalue weighted by atomic mass is 35.5. The zero-order chi connectivity index (χ0) is 24.0. The topological polar surface area (TPSA) is 85.3 Å². The highest BCUT2D eigenvalue weighted by Gasteiger charge is 2.31. The minimum absolute atomic E-state index is 0.102. The number of nitrogens with two attached hydrogens (primary N) is 1. The van der Waals surface area contributed by atoms with Crippen LogP contribution in [0.3, 0.4) is 0 Å². The molecule has 0 fully saturated rings. The Kier molecular flexibility index (Phi) is 5.66. The van der Waals surface area contributed by atoms with Crippen LogP contribution in [0.5, 0.6) is 11.5 Å². The number of hydrogen-bond donors (Lipinski definition) is 1. The van der Waals surface area contributed by atoms with Gasteiger partial charge in [-0.2, -0.15) is 5.26 Å². The first kappa shape index (κ1) is 22.2. The molecule has 0 aliphatic carbocycles. The van der Waals surface area contributed by atoms with Crippen molar-refractivity contribution in [2.75, 3.05) is 0 Å². The van der Waals surface area contributed by atoms with Crippen LogP contribution in [0.25, 0.3) is 10.1 Å². The van der Waals surface area contributed by atoms with E-state index in [1.807, 2.05) is 6.07 Å². The van der Waals surface area contributed by atoms with Gasteiger partial charge in [-0.15, -0.1) is 11.3 Å². The molecule has 0 saturated heterocycles. The van der Waals surface area contributed by atoms with Gasteiger partial charge in [-0.05, 0) is 35.9 Å². The number of thiophene rings is 1. The summed E-state index contributed by atoms with van der Waals surface area (Å²) in [6.07, 6.45) is 0. The number of allylic oxidation sites excluding steroid dienone is 1. The maximum absolute atomic E-state index is 13.9. The molecule has 0 amide bonds. The number of nitrogens with zero attached hydrogens (tertiary/aromatic N) is 1. The van der Waals surface area contributed by atoms with Crippen molar-refractivity contribution in [3.8, 4) is 17.6 Å². The SMILES string of the molecule is N#CC1=C(N)Oc2cc(OC(=O)c3sc4cccc(Cl)c4c3Cl)ccc2C1c1cccc(F)c1. The lowest BCUT2D eigenvalue weighted by Crippen LogP contribution is -2.21. The molecule has 0 bridgehead atoms. The predicted molar refractivity (Wildman–Crippen MR) is 129 cm³/mol. The molecule has 1 unspecified atom stereocenters. The summed E-state index contributed by atoms with van der Waals surface area (Å²) in [5.74, 6) is -1.34. The van der Waals surface area contributed by atoms with E-state index in [2.05, 4.69) is 6.07 Å². The van der Waals surface area contributed by atoms with E-state index >= 15 is 0 Å². The van der Waals surface area contributed by atoms with Crippen molar-refractivity contribution in [1.29, 1.82) is 5.26 Å². The molecule has 3 aromatic carbocycles. The quantitative estimate of drug-likeness (QED) is 0.242. The monoisotopic (exact) mass is 510 g/mol. The third-order valence-corrected chi connectivity index (χ3v) is 7.31. The zero-order valence-corrected chi connectivity index (χ0v) is 19.5. The van der Waals surface area contributed by atoms with Gasteiger partial charge in [0.1, 0.15) is 33.8 Å². The van der Waals surface area contributed by atoms with E-state index in [1.54, 1.807) is 36.4 Å². The van der Waals surface area contributed by atoms with Crippen LogP contribution in [0, 0.1) is 17.1 Å². The molecule has 0 radical (unpaired) electrons. The van der Waals surface area contributed by atoms with Crippen molar-refractivity contribution < 1.29 is 18.7 Å². The summed E-state index contributed by atoms with van der Waals surface area (Å²) < 4.78 is 25.8. The van der Waals surface area contributed by atoms with E-state index in [4.69, 9.17) is 38.4 Å². The minimum Gasteiger partial charge on any atom is -0.440 e. The number of carbonyl (C=O) groups is 1. The number of esters is 1. The lowest BCUT2D eigenvalue weighted by molar-refractivity contribution is 0.0740. The van der Waals surface area contributed by atoms with E-state index in [1.165, 1.54) is 29.5 Å². The fourth-order valence-electron chi connectivity index (χ4n) is 3.88. The van der Waals surface area contributed by atoms with Gasteiger partial charge in [-0.25, -0.2) is 9.18 Å². The number of fused-ring (bicyclic) bond motifs is 2. The van der Waals surface area contributed by atoms with Gasteiger partial charge >= 0.3 is 5.97 Å². The third kappa shape index (κ3) is 3.76. The van der Waals surface area contributed by atoms with Gasteiger partial charge in [0.25, 0.3) is 0 Å². The van der Waals surface area contributed by atoms with Crippen LogP contribution in [-0.4, -0.2) is 5.97 Å². The Bertz CT molecular complexity index is 1560. The maximum atomic E-state index is 13.9. The van der Waals surface area contributed by atoms with Gasteiger partial charge in [0, 0.05) is 21.7 Å². The molecule has 2 heterocycles. The second-order valence-corrected chi connectivity index (χ2v) is 9.26. The third-order valence-electron chi connectivity index (χ3n) is 5.37. The van der Waals surface area contributed by atoms with Crippen LogP contribution < -0.4 is 15.2 Å². The Morgan fingerprint density at radius 2 is 1.94 bits per heavy atom. The van der Waals surface area contributed by atoms with Crippen molar-refractivity contribution in [1.82, 2.24) is 0 Å². The van der Waals surface area contributed by atoms with Crippen molar-refractivity contribution in [3.05, 3.63) is 104 Å². The molecule has 1 atom stereocenters. The predicted octanol–water partition coefficient (Wildman–Crippen LogP) is 6.78. The number of carbonyl (C=O) groups excluding carboxylic acids is 1. The number of ether oxygens (including phenoxy) is 2. The minimum atomic E-state index is -0.652. The van der Waals surface area contributed by atoms with Gasteiger partial charge in [0.15, 0.2) is 0 Å². The summed E-state index contributed by atoms with van der Waals surface area (Å²) in [5, 5.41) is 10.9. The molecule has 34 heavy (non-hydrogen) atoms. The fourth-order valence-corrected chi connectivity index (χ4v) is 5.71. The van der Waals surface area contributed by atoms with Crippen molar-refractivity contribution >= 4 is 50.6 Å². The van der Waals surface area contributed by atoms with Crippen molar-refractivity contribution in [2.45, 2.75) is 5.92 Å². The largest absolute Gasteiger partial charge is 0.440 e. The first-order valence-corrected chi connectivity index (χ1v) is 11.5. The summed E-state index contributed by atoms with van der Waals surface area (Å²) >= 11 is 13.8. The second kappa shape index (κ2) is 8.65. The summed E-state index contributed by atoms with van der Waals surface area (Å²) in [4.78, 5) is 13.1.